The standard InChI is InChI=1S/C23H27NO6/c1-5-28-19-12-10-17(11-13-19)20(25)15-29-21(26)18-8-6-16(7-9-18)14-24-22(27)30-23(2,3)4/h6-13H,5,14-15H2,1-4H3,(H,24,27). The van der Waals surface area contributed by atoms with Gasteiger partial charge in [0.1, 0.15) is 11.4 Å². The lowest BCUT2D eigenvalue weighted by atomic mass is 10.1. The maximum atomic E-state index is 12.2. The van der Waals surface area contributed by atoms with Crippen LogP contribution in [0.2, 0.25) is 0 Å². The number of benzene rings is 2. The molecule has 0 unspecified atom stereocenters. The molecule has 7 nitrogen and oxygen atoms in total. The third-order valence-electron chi connectivity index (χ3n) is 3.85. The fourth-order valence-electron chi connectivity index (χ4n) is 2.45. The maximum Gasteiger partial charge on any atom is 0.407 e. The van der Waals surface area contributed by atoms with Crippen molar-refractivity contribution in [2.75, 3.05) is 13.2 Å². The van der Waals surface area contributed by atoms with Crippen LogP contribution in [0.25, 0.3) is 0 Å². The van der Waals surface area contributed by atoms with E-state index < -0.39 is 17.7 Å². The average molecular weight is 413 g/mol. The second-order valence-corrected chi connectivity index (χ2v) is 7.51. The van der Waals surface area contributed by atoms with Gasteiger partial charge in [0, 0.05) is 12.1 Å². The van der Waals surface area contributed by atoms with Gasteiger partial charge in [0.15, 0.2) is 12.4 Å². The average Bonchev–Trinajstić information content (AvgIpc) is 2.70. The Bertz CT molecular complexity index is 866. The highest BCUT2D eigenvalue weighted by molar-refractivity contribution is 5.99. The highest BCUT2D eigenvalue weighted by Crippen LogP contribution is 2.13. The monoisotopic (exact) mass is 413 g/mol. The SMILES string of the molecule is CCOc1ccc(C(=O)COC(=O)c2ccc(CNC(=O)OC(C)(C)C)cc2)cc1. The summed E-state index contributed by atoms with van der Waals surface area (Å²) in [5.74, 6) is -0.224. The molecule has 0 spiro atoms. The minimum Gasteiger partial charge on any atom is -0.494 e. The van der Waals surface area contributed by atoms with Gasteiger partial charge in [0.2, 0.25) is 0 Å². The Hall–Kier alpha value is -3.35. The summed E-state index contributed by atoms with van der Waals surface area (Å²) in [6, 6.07) is 13.2. The predicted octanol–water partition coefficient (Wildman–Crippen LogP) is 4.15. The Morgan fingerprint density at radius 1 is 0.900 bits per heavy atom. The quantitative estimate of drug-likeness (QED) is 0.516. The van der Waals surface area contributed by atoms with E-state index in [2.05, 4.69) is 5.32 Å². The van der Waals surface area contributed by atoms with Gasteiger partial charge in [-0.1, -0.05) is 12.1 Å². The van der Waals surface area contributed by atoms with Gasteiger partial charge in [0.05, 0.1) is 12.2 Å². The molecule has 0 heterocycles. The summed E-state index contributed by atoms with van der Waals surface area (Å²) in [5, 5.41) is 2.64. The highest BCUT2D eigenvalue weighted by Gasteiger charge is 2.16. The van der Waals surface area contributed by atoms with Crippen molar-refractivity contribution in [1.82, 2.24) is 5.32 Å². The molecule has 30 heavy (non-hydrogen) atoms. The lowest BCUT2D eigenvalue weighted by Gasteiger charge is -2.19. The number of rotatable bonds is 8. The third kappa shape index (κ3) is 7.58. The van der Waals surface area contributed by atoms with E-state index in [1.54, 1.807) is 69.3 Å². The normalized spacial score (nSPS) is 10.8. The zero-order valence-corrected chi connectivity index (χ0v) is 17.7. The molecule has 2 aromatic rings. The predicted molar refractivity (Wildman–Crippen MR) is 112 cm³/mol. The molecule has 160 valence electrons. The Balaban J connectivity index is 1.82. The van der Waals surface area contributed by atoms with Gasteiger partial charge in [-0.15, -0.1) is 0 Å². The van der Waals surface area contributed by atoms with Gasteiger partial charge in [-0.25, -0.2) is 9.59 Å². The second-order valence-electron chi connectivity index (χ2n) is 7.51. The van der Waals surface area contributed by atoms with Crippen LogP contribution in [0.1, 0.15) is 54.0 Å². The minimum atomic E-state index is -0.596. The van der Waals surface area contributed by atoms with Gasteiger partial charge < -0.3 is 19.5 Å². The molecule has 0 saturated heterocycles. The van der Waals surface area contributed by atoms with Gasteiger partial charge in [0.25, 0.3) is 0 Å². The molecule has 0 aliphatic rings. The number of carbonyl (C=O) groups excluding carboxylic acids is 3. The van der Waals surface area contributed by atoms with Crippen molar-refractivity contribution in [3.8, 4) is 5.75 Å². The van der Waals surface area contributed by atoms with E-state index >= 15 is 0 Å². The summed E-state index contributed by atoms with van der Waals surface area (Å²) in [7, 11) is 0. The smallest absolute Gasteiger partial charge is 0.407 e. The second kappa shape index (κ2) is 10.4. The number of hydrogen-bond donors (Lipinski definition) is 1. The summed E-state index contributed by atoms with van der Waals surface area (Å²) < 4.78 is 15.6. The lowest BCUT2D eigenvalue weighted by molar-refractivity contribution is 0.0473. The fraction of sp³-hybridized carbons (Fsp3) is 0.348. The number of amides is 1. The zero-order valence-electron chi connectivity index (χ0n) is 17.7. The Kier molecular flexibility index (Phi) is 7.98. The number of carbonyl (C=O) groups is 3. The molecule has 0 bridgehead atoms. The topological polar surface area (TPSA) is 90.9 Å². The molecule has 2 rings (SSSR count). The third-order valence-corrected chi connectivity index (χ3v) is 3.85. The number of esters is 1. The van der Waals surface area contributed by atoms with Crippen molar-refractivity contribution in [2.45, 2.75) is 39.8 Å². The van der Waals surface area contributed by atoms with Crippen LogP contribution >= 0.6 is 0 Å². The van der Waals surface area contributed by atoms with Crippen LogP contribution < -0.4 is 10.1 Å². The van der Waals surface area contributed by atoms with Crippen LogP contribution in [0.4, 0.5) is 4.79 Å². The van der Waals surface area contributed by atoms with Crippen molar-refractivity contribution in [3.05, 3.63) is 65.2 Å². The lowest BCUT2D eigenvalue weighted by Crippen LogP contribution is -2.32. The highest BCUT2D eigenvalue weighted by atomic mass is 16.6. The van der Waals surface area contributed by atoms with Crippen LogP contribution in [0.5, 0.6) is 5.75 Å². The first kappa shape index (κ1) is 22.9. The molecular weight excluding hydrogens is 386 g/mol. The van der Waals surface area contributed by atoms with Crippen LogP contribution in [-0.2, 0) is 16.0 Å². The molecule has 2 aromatic carbocycles. The van der Waals surface area contributed by atoms with E-state index in [9.17, 15) is 14.4 Å². The van der Waals surface area contributed by atoms with Crippen LogP contribution in [0, 0.1) is 0 Å². The van der Waals surface area contributed by atoms with Crippen LogP contribution in [-0.4, -0.2) is 36.7 Å². The summed E-state index contributed by atoms with van der Waals surface area (Å²) >= 11 is 0. The molecular formula is C23H27NO6. The van der Waals surface area contributed by atoms with Gasteiger partial charge >= 0.3 is 12.1 Å². The van der Waals surface area contributed by atoms with E-state index in [1.165, 1.54) is 0 Å². The summed E-state index contributed by atoms with van der Waals surface area (Å²) in [5.41, 5.74) is 0.980. The van der Waals surface area contributed by atoms with E-state index in [1.807, 2.05) is 6.92 Å². The number of nitrogens with one attached hydrogen (secondary N) is 1. The van der Waals surface area contributed by atoms with E-state index in [-0.39, 0.29) is 18.9 Å². The fourth-order valence-corrected chi connectivity index (χ4v) is 2.45. The van der Waals surface area contributed by atoms with E-state index in [4.69, 9.17) is 14.2 Å². The van der Waals surface area contributed by atoms with Crippen molar-refractivity contribution < 1.29 is 28.6 Å². The molecule has 0 aliphatic carbocycles. The van der Waals surface area contributed by atoms with E-state index in [0.29, 0.717) is 23.5 Å². The molecule has 0 saturated carbocycles. The Morgan fingerprint density at radius 2 is 1.50 bits per heavy atom. The molecule has 7 heteroatoms. The maximum absolute atomic E-state index is 12.2. The molecule has 0 atom stereocenters. The van der Waals surface area contributed by atoms with Gasteiger partial charge in [-0.2, -0.15) is 0 Å². The van der Waals surface area contributed by atoms with Crippen molar-refractivity contribution in [3.63, 3.8) is 0 Å². The van der Waals surface area contributed by atoms with Gasteiger partial charge in [-0.3, -0.25) is 4.79 Å². The molecule has 0 fully saturated rings. The first-order chi connectivity index (χ1) is 14.2. The summed E-state index contributed by atoms with van der Waals surface area (Å²) in [6.45, 7) is 7.69. The molecule has 0 aliphatic heterocycles. The molecule has 1 amide bonds. The first-order valence-corrected chi connectivity index (χ1v) is 9.67. The van der Waals surface area contributed by atoms with Gasteiger partial charge in [-0.05, 0) is 69.7 Å². The van der Waals surface area contributed by atoms with Crippen LogP contribution in [0.3, 0.4) is 0 Å². The molecule has 1 N–H and O–H groups in total. The first-order valence-electron chi connectivity index (χ1n) is 9.67. The number of ether oxygens (including phenoxy) is 3. The number of alkyl carbamates (subject to hydrolysis) is 1. The summed E-state index contributed by atoms with van der Waals surface area (Å²) in [4.78, 5) is 36.0. The number of ketones is 1. The summed E-state index contributed by atoms with van der Waals surface area (Å²) in [6.07, 6.45) is -0.515. The largest absolute Gasteiger partial charge is 0.494 e. The molecule has 0 aromatic heterocycles. The van der Waals surface area contributed by atoms with Crippen LogP contribution in [0.15, 0.2) is 48.5 Å². The Labute approximate surface area is 176 Å². The Morgan fingerprint density at radius 3 is 2.07 bits per heavy atom. The van der Waals surface area contributed by atoms with E-state index in [0.717, 1.165) is 5.56 Å². The molecule has 0 radical (unpaired) electrons. The number of hydrogen-bond acceptors (Lipinski definition) is 6. The zero-order chi connectivity index (χ0) is 22.1. The van der Waals surface area contributed by atoms with Crippen molar-refractivity contribution in [2.24, 2.45) is 0 Å². The minimum absolute atomic E-state index is 0.264. The number of Topliss-reactive ketones (excluding diaryl/α,β-unsaturated/α-hetero) is 1. The van der Waals surface area contributed by atoms with Crippen molar-refractivity contribution >= 4 is 17.8 Å². The van der Waals surface area contributed by atoms with Crippen molar-refractivity contribution in [1.29, 1.82) is 0 Å².